The first-order valence-corrected chi connectivity index (χ1v) is 8.11. The molecular formula is C17H18F3N5O2. The second-order valence-corrected chi connectivity index (χ2v) is 5.64. The van der Waals surface area contributed by atoms with Crippen molar-refractivity contribution in [1.29, 1.82) is 0 Å². The van der Waals surface area contributed by atoms with Crippen LogP contribution in [0.3, 0.4) is 0 Å². The van der Waals surface area contributed by atoms with Crippen LogP contribution in [-0.2, 0) is 0 Å². The predicted molar refractivity (Wildman–Crippen MR) is 91.8 cm³/mol. The molecule has 0 saturated carbocycles. The van der Waals surface area contributed by atoms with Crippen LogP contribution in [0, 0.1) is 0 Å². The van der Waals surface area contributed by atoms with Gasteiger partial charge in [-0.15, -0.1) is 0 Å². The molecule has 0 aliphatic heterocycles. The van der Waals surface area contributed by atoms with Crippen LogP contribution >= 0.6 is 0 Å². The number of pyridine rings is 1. The molecule has 3 heterocycles. The zero-order valence-corrected chi connectivity index (χ0v) is 14.9. The Morgan fingerprint density at radius 3 is 2.63 bits per heavy atom. The fraction of sp³-hybridized carbons (Fsp3) is 0.353. The second kappa shape index (κ2) is 7.39. The van der Waals surface area contributed by atoms with Crippen LogP contribution in [0.4, 0.5) is 13.2 Å². The van der Waals surface area contributed by atoms with E-state index in [1.165, 1.54) is 26.5 Å². The van der Waals surface area contributed by atoms with Gasteiger partial charge in [0, 0.05) is 24.2 Å². The van der Waals surface area contributed by atoms with E-state index in [0.29, 0.717) is 22.7 Å². The van der Waals surface area contributed by atoms with Gasteiger partial charge in [-0.05, 0) is 12.6 Å². The Hall–Kier alpha value is -2.88. The summed E-state index contributed by atoms with van der Waals surface area (Å²) in [6.45, 7) is 1.74. The van der Waals surface area contributed by atoms with Crippen LogP contribution in [0.1, 0.15) is 18.7 Å². The first kappa shape index (κ1) is 18.9. The Bertz CT molecular complexity index is 942. The van der Waals surface area contributed by atoms with Gasteiger partial charge in [-0.3, -0.25) is 4.98 Å². The lowest BCUT2D eigenvalue weighted by molar-refractivity contribution is -0.158. The molecule has 27 heavy (non-hydrogen) atoms. The number of fused-ring (bicyclic) bond motifs is 1. The molecule has 0 spiro atoms. The fourth-order valence-electron chi connectivity index (χ4n) is 2.74. The molecule has 144 valence electrons. The van der Waals surface area contributed by atoms with E-state index in [9.17, 15) is 13.2 Å². The van der Waals surface area contributed by atoms with Crippen molar-refractivity contribution < 1.29 is 22.6 Å². The quantitative estimate of drug-likeness (QED) is 0.708. The zero-order chi connectivity index (χ0) is 19.6. The van der Waals surface area contributed by atoms with Crippen LogP contribution in [0.15, 0.2) is 30.9 Å². The van der Waals surface area contributed by atoms with E-state index >= 15 is 0 Å². The molecule has 0 aliphatic rings. The van der Waals surface area contributed by atoms with Crippen molar-refractivity contribution in [3.05, 3.63) is 36.5 Å². The minimum atomic E-state index is -4.49. The van der Waals surface area contributed by atoms with Crippen molar-refractivity contribution in [1.82, 2.24) is 24.7 Å². The van der Waals surface area contributed by atoms with Crippen LogP contribution in [-0.4, -0.2) is 46.3 Å². The monoisotopic (exact) mass is 381 g/mol. The van der Waals surface area contributed by atoms with Crippen molar-refractivity contribution in [2.75, 3.05) is 20.8 Å². The van der Waals surface area contributed by atoms with Gasteiger partial charge in [0.05, 0.1) is 31.8 Å². The number of halogens is 3. The molecule has 10 heteroatoms. The zero-order valence-electron chi connectivity index (χ0n) is 14.9. The highest BCUT2D eigenvalue weighted by atomic mass is 19.4. The molecule has 0 saturated heterocycles. The molecule has 1 atom stereocenters. The third-order valence-electron chi connectivity index (χ3n) is 3.95. The predicted octanol–water partition coefficient (Wildman–Crippen LogP) is 3.02. The van der Waals surface area contributed by atoms with E-state index < -0.39 is 12.2 Å². The number of rotatable bonds is 6. The molecule has 0 amide bonds. The average molecular weight is 381 g/mol. The number of alkyl halides is 3. The topological polar surface area (TPSA) is 73.6 Å². The smallest absolute Gasteiger partial charge is 0.409 e. The molecule has 7 nitrogen and oxygen atoms in total. The summed E-state index contributed by atoms with van der Waals surface area (Å²) in [6.07, 6.45) is 1.67. The lowest BCUT2D eigenvalue weighted by atomic mass is 10.1. The van der Waals surface area contributed by atoms with Gasteiger partial charge in [0.25, 0.3) is 5.88 Å². The second-order valence-electron chi connectivity index (χ2n) is 5.64. The molecule has 0 bridgehead atoms. The number of aromatic nitrogens is 4. The molecule has 0 unspecified atom stereocenters. The van der Waals surface area contributed by atoms with Gasteiger partial charge in [0.1, 0.15) is 11.8 Å². The minimum absolute atomic E-state index is 0.139. The van der Waals surface area contributed by atoms with Gasteiger partial charge in [0.15, 0.2) is 5.65 Å². The molecule has 0 aliphatic carbocycles. The van der Waals surface area contributed by atoms with Gasteiger partial charge >= 0.3 is 6.18 Å². The number of methoxy groups -OCH3 is 2. The maximum atomic E-state index is 13.4. The summed E-state index contributed by atoms with van der Waals surface area (Å²) >= 11 is 0. The summed E-state index contributed by atoms with van der Waals surface area (Å²) < 4.78 is 52.4. The van der Waals surface area contributed by atoms with Crippen molar-refractivity contribution in [2.24, 2.45) is 0 Å². The summed E-state index contributed by atoms with van der Waals surface area (Å²) in [6, 6.07) is -0.574. The normalized spacial score (nSPS) is 13.0. The molecule has 0 fully saturated rings. The summed E-state index contributed by atoms with van der Waals surface area (Å²) in [5.41, 5.74) is 1.06. The number of nitrogens with one attached hydrogen (secondary N) is 1. The number of hydrogen-bond donors (Lipinski definition) is 1. The lowest BCUT2D eigenvalue weighted by Gasteiger charge is -2.21. The number of imidazole rings is 1. The summed E-state index contributed by atoms with van der Waals surface area (Å²) in [4.78, 5) is 12.4. The Morgan fingerprint density at radius 1 is 1.22 bits per heavy atom. The van der Waals surface area contributed by atoms with Gasteiger partial charge in [-0.25, -0.2) is 9.97 Å². The number of hydrogen-bond acceptors (Lipinski definition) is 6. The SMILES string of the molecule is CCN[C@@H](c1cc(-c2cn3ccnc3c(OC)n2)c(OC)cn1)C(F)(F)F. The maximum absolute atomic E-state index is 13.4. The van der Waals surface area contributed by atoms with E-state index in [-0.39, 0.29) is 18.1 Å². The first-order chi connectivity index (χ1) is 12.9. The third kappa shape index (κ3) is 3.65. The third-order valence-corrected chi connectivity index (χ3v) is 3.95. The van der Waals surface area contributed by atoms with Crippen molar-refractivity contribution >= 4 is 5.65 Å². The Labute approximate surface area is 153 Å². The largest absolute Gasteiger partial charge is 0.494 e. The summed E-state index contributed by atoms with van der Waals surface area (Å²) in [5.74, 6) is 0.544. The highest BCUT2D eigenvalue weighted by molar-refractivity contribution is 5.69. The van der Waals surface area contributed by atoms with Crippen LogP contribution in [0.5, 0.6) is 11.6 Å². The van der Waals surface area contributed by atoms with Gasteiger partial charge in [0.2, 0.25) is 0 Å². The van der Waals surface area contributed by atoms with Crippen molar-refractivity contribution in [3.8, 4) is 22.9 Å². The van der Waals surface area contributed by atoms with E-state index in [1.54, 1.807) is 29.9 Å². The van der Waals surface area contributed by atoms with Gasteiger partial charge in [-0.2, -0.15) is 13.2 Å². The first-order valence-electron chi connectivity index (χ1n) is 8.11. The molecule has 0 aromatic carbocycles. The lowest BCUT2D eigenvalue weighted by Crippen LogP contribution is -2.34. The molecule has 3 aromatic rings. The van der Waals surface area contributed by atoms with E-state index in [1.807, 2.05) is 0 Å². The fourth-order valence-corrected chi connectivity index (χ4v) is 2.74. The van der Waals surface area contributed by atoms with Crippen LogP contribution in [0.25, 0.3) is 16.9 Å². The Kier molecular flexibility index (Phi) is 5.17. The summed E-state index contributed by atoms with van der Waals surface area (Å²) in [7, 11) is 2.86. The Balaban J connectivity index is 2.17. The molecule has 3 aromatic heterocycles. The van der Waals surface area contributed by atoms with Crippen molar-refractivity contribution in [3.63, 3.8) is 0 Å². The minimum Gasteiger partial charge on any atom is -0.494 e. The summed E-state index contributed by atoms with van der Waals surface area (Å²) in [5, 5.41) is 2.41. The van der Waals surface area contributed by atoms with Gasteiger partial charge in [-0.1, -0.05) is 6.92 Å². The molecule has 1 N–H and O–H groups in total. The number of nitrogens with zero attached hydrogens (tertiary/aromatic N) is 4. The molecule has 3 rings (SSSR count). The Morgan fingerprint density at radius 2 is 2.00 bits per heavy atom. The number of ether oxygens (including phenoxy) is 2. The van der Waals surface area contributed by atoms with Gasteiger partial charge < -0.3 is 19.2 Å². The molecular weight excluding hydrogens is 363 g/mol. The van der Waals surface area contributed by atoms with Crippen LogP contribution in [0.2, 0.25) is 0 Å². The maximum Gasteiger partial charge on any atom is 0.409 e. The van der Waals surface area contributed by atoms with E-state index in [4.69, 9.17) is 9.47 Å². The molecule has 0 radical (unpaired) electrons. The highest BCUT2D eigenvalue weighted by Crippen LogP contribution is 2.36. The van der Waals surface area contributed by atoms with Crippen LogP contribution < -0.4 is 14.8 Å². The van der Waals surface area contributed by atoms with E-state index in [2.05, 4.69) is 20.3 Å². The highest BCUT2D eigenvalue weighted by Gasteiger charge is 2.41. The standard InChI is InChI=1S/C17H18F3N5O2/c1-4-21-14(17(18,19)20)11-7-10(13(26-2)8-23-11)12-9-25-6-5-22-15(25)16(24-12)27-3/h5-9,14,21H,4H2,1-3H3/t14-/m0/s1. The van der Waals surface area contributed by atoms with Crippen molar-refractivity contribution in [2.45, 2.75) is 19.1 Å². The average Bonchev–Trinajstić information content (AvgIpc) is 3.12. The van der Waals surface area contributed by atoms with E-state index in [0.717, 1.165) is 0 Å².